The number of fused-ring (bicyclic) bond motifs is 1. The highest BCUT2D eigenvalue weighted by Crippen LogP contribution is 2.26. The van der Waals surface area contributed by atoms with E-state index in [0.29, 0.717) is 0 Å². The Balaban J connectivity index is 2.80. The van der Waals surface area contributed by atoms with Crippen LogP contribution in [0, 0.1) is 0 Å². The van der Waals surface area contributed by atoms with Crippen molar-refractivity contribution in [3.63, 3.8) is 0 Å². The Hall–Kier alpha value is -1.51. The van der Waals surface area contributed by atoms with Crippen molar-refractivity contribution in [3.8, 4) is 0 Å². The van der Waals surface area contributed by atoms with Crippen molar-refractivity contribution in [1.82, 2.24) is 9.55 Å². The number of hydrogen-bond acceptors (Lipinski definition) is 2. The lowest BCUT2D eigenvalue weighted by Crippen LogP contribution is -2.20. The van der Waals surface area contributed by atoms with Gasteiger partial charge in [-0.25, -0.2) is 0 Å². The molecule has 0 unspecified atom stereocenters. The van der Waals surface area contributed by atoms with Crippen molar-refractivity contribution in [2.75, 3.05) is 5.73 Å². The summed E-state index contributed by atoms with van der Waals surface area (Å²) in [6, 6.07) is 3.83. The third-order valence-corrected chi connectivity index (χ3v) is 2.33. The maximum absolute atomic E-state index is 5.94. The van der Waals surface area contributed by atoms with E-state index in [9.17, 15) is 0 Å². The van der Waals surface area contributed by atoms with Crippen LogP contribution in [-0.2, 0) is 5.54 Å². The predicted octanol–water partition coefficient (Wildman–Crippen LogP) is 2.37. The normalized spacial score (nSPS) is 12.2. The third kappa shape index (κ3) is 1.25. The molecule has 2 rings (SSSR count). The van der Waals surface area contributed by atoms with Gasteiger partial charge in [-0.15, -0.1) is 0 Å². The molecule has 0 amide bonds. The zero-order valence-corrected chi connectivity index (χ0v) is 8.78. The van der Waals surface area contributed by atoms with Gasteiger partial charge in [-0.3, -0.25) is 4.98 Å². The Labute approximate surface area is 83.6 Å². The van der Waals surface area contributed by atoms with Crippen molar-refractivity contribution >= 4 is 16.7 Å². The average Bonchev–Trinajstić information content (AvgIpc) is 2.47. The molecule has 0 radical (unpaired) electrons. The molecule has 0 fully saturated rings. The molecule has 14 heavy (non-hydrogen) atoms. The Bertz CT molecular complexity index is 463. The molecule has 2 aromatic rings. The molecular weight excluding hydrogens is 174 g/mol. The largest absolute Gasteiger partial charge is 0.397 e. The minimum absolute atomic E-state index is 0.0406. The lowest BCUT2D eigenvalue weighted by molar-refractivity contribution is 0.411. The lowest BCUT2D eigenvalue weighted by Gasteiger charge is -2.23. The van der Waals surface area contributed by atoms with Crippen LogP contribution in [0.1, 0.15) is 20.8 Å². The highest BCUT2D eigenvalue weighted by atomic mass is 15.0. The molecule has 2 heterocycles. The summed E-state index contributed by atoms with van der Waals surface area (Å²) in [5, 5.41) is 0. The number of anilines is 1. The molecular formula is C11H15N3. The van der Waals surface area contributed by atoms with Gasteiger partial charge in [0.1, 0.15) is 0 Å². The van der Waals surface area contributed by atoms with E-state index in [-0.39, 0.29) is 5.54 Å². The van der Waals surface area contributed by atoms with Crippen LogP contribution in [-0.4, -0.2) is 9.55 Å². The van der Waals surface area contributed by atoms with Gasteiger partial charge >= 0.3 is 0 Å². The van der Waals surface area contributed by atoms with E-state index in [0.717, 1.165) is 16.7 Å². The SMILES string of the molecule is CC(C)(C)n1ccc2nccc(N)c21. The first-order valence-corrected chi connectivity index (χ1v) is 4.72. The van der Waals surface area contributed by atoms with Gasteiger partial charge in [-0.1, -0.05) is 0 Å². The van der Waals surface area contributed by atoms with E-state index in [1.807, 2.05) is 18.3 Å². The first-order valence-electron chi connectivity index (χ1n) is 4.72. The molecule has 0 bridgehead atoms. The number of nitrogen functional groups attached to an aromatic ring is 1. The molecule has 0 saturated carbocycles. The van der Waals surface area contributed by atoms with E-state index < -0.39 is 0 Å². The Morgan fingerprint density at radius 3 is 2.64 bits per heavy atom. The average molecular weight is 189 g/mol. The first-order chi connectivity index (χ1) is 6.50. The van der Waals surface area contributed by atoms with E-state index in [2.05, 4.69) is 30.3 Å². The lowest BCUT2D eigenvalue weighted by atomic mass is 10.1. The molecule has 0 aliphatic rings. The van der Waals surface area contributed by atoms with Gasteiger partial charge in [-0.05, 0) is 32.9 Å². The summed E-state index contributed by atoms with van der Waals surface area (Å²) in [7, 11) is 0. The standard InChI is InChI=1S/C11H15N3/c1-11(2,3)14-7-5-9-10(14)8(12)4-6-13-9/h4-7H,1-3H3,(H2,12,13). The van der Waals surface area contributed by atoms with Crippen molar-refractivity contribution in [2.45, 2.75) is 26.3 Å². The monoisotopic (exact) mass is 189 g/mol. The van der Waals surface area contributed by atoms with E-state index in [1.54, 1.807) is 6.20 Å². The summed E-state index contributed by atoms with van der Waals surface area (Å²) in [6.45, 7) is 6.46. The quantitative estimate of drug-likeness (QED) is 0.691. The van der Waals surface area contributed by atoms with Crippen LogP contribution < -0.4 is 5.73 Å². The maximum atomic E-state index is 5.94. The summed E-state index contributed by atoms with van der Waals surface area (Å²) < 4.78 is 2.16. The summed E-state index contributed by atoms with van der Waals surface area (Å²) in [5.74, 6) is 0. The van der Waals surface area contributed by atoms with Gasteiger partial charge in [0, 0.05) is 17.9 Å². The fourth-order valence-electron chi connectivity index (χ4n) is 1.65. The minimum atomic E-state index is 0.0406. The number of nitrogens with zero attached hydrogens (tertiary/aromatic N) is 2. The summed E-state index contributed by atoms with van der Waals surface area (Å²) in [4.78, 5) is 4.28. The molecule has 3 heteroatoms. The van der Waals surface area contributed by atoms with E-state index >= 15 is 0 Å². The van der Waals surface area contributed by atoms with Crippen LogP contribution in [0.3, 0.4) is 0 Å². The Kier molecular flexibility index (Phi) is 1.77. The molecule has 74 valence electrons. The summed E-state index contributed by atoms with van der Waals surface area (Å²) >= 11 is 0. The van der Waals surface area contributed by atoms with Crippen molar-refractivity contribution < 1.29 is 0 Å². The second-order valence-corrected chi connectivity index (χ2v) is 4.49. The fourth-order valence-corrected chi connectivity index (χ4v) is 1.65. The number of hydrogen-bond donors (Lipinski definition) is 1. The zero-order valence-electron chi connectivity index (χ0n) is 8.78. The van der Waals surface area contributed by atoms with Crippen LogP contribution in [0.2, 0.25) is 0 Å². The van der Waals surface area contributed by atoms with E-state index in [1.165, 1.54) is 0 Å². The second kappa shape index (κ2) is 2.74. The number of aromatic nitrogens is 2. The Morgan fingerprint density at radius 2 is 2.00 bits per heavy atom. The second-order valence-electron chi connectivity index (χ2n) is 4.49. The molecule has 3 nitrogen and oxygen atoms in total. The molecule has 2 aromatic heterocycles. The molecule has 0 spiro atoms. The van der Waals surface area contributed by atoms with Crippen molar-refractivity contribution in [3.05, 3.63) is 24.5 Å². The summed E-state index contributed by atoms with van der Waals surface area (Å²) in [5.41, 5.74) is 8.75. The molecule has 0 aromatic carbocycles. The molecule has 0 aliphatic carbocycles. The predicted molar refractivity (Wildman–Crippen MR) is 59.1 cm³/mol. The number of nitrogens with two attached hydrogens (primary N) is 1. The molecule has 2 N–H and O–H groups in total. The van der Waals surface area contributed by atoms with E-state index in [4.69, 9.17) is 5.73 Å². The topological polar surface area (TPSA) is 43.8 Å². The smallest absolute Gasteiger partial charge is 0.0906 e. The Morgan fingerprint density at radius 1 is 1.29 bits per heavy atom. The van der Waals surface area contributed by atoms with Crippen molar-refractivity contribution in [2.24, 2.45) is 0 Å². The molecule has 0 saturated heterocycles. The van der Waals surface area contributed by atoms with Crippen molar-refractivity contribution in [1.29, 1.82) is 0 Å². The highest BCUT2D eigenvalue weighted by Gasteiger charge is 2.16. The fraction of sp³-hybridized carbons (Fsp3) is 0.364. The third-order valence-electron chi connectivity index (χ3n) is 2.33. The van der Waals surface area contributed by atoms with Gasteiger partial charge in [-0.2, -0.15) is 0 Å². The van der Waals surface area contributed by atoms with Crippen LogP contribution in [0.4, 0.5) is 5.69 Å². The van der Waals surface area contributed by atoms with Crippen LogP contribution in [0.15, 0.2) is 24.5 Å². The summed E-state index contributed by atoms with van der Waals surface area (Å²) in [6.07, 6.45) is 3.78. The van der Waals surface area contributed by atoms with Crippen LogP contribution in [0.25, 0.3) is 11.0 Å². The van der Waals surface area contributed by atoms with Gasteiger partial charge in [0.2, 0.25) is 0 Å². The number of rotatable bonds is 0. The van der Waals surface area contributed by atoms with Crippen LogP contribution >= 0.6 is 0 Å². The van der Waals surface area contributed by atoms with Gasteiger partial charge in [0.15, 0.2) is 0 Å². The molecule has 0 aliphatic heterocycles. The van der Waals surface area contributed by atoms with Gasteiger partial charge in [0.05, 0.1) is 16.7 Å². The minimum Gasteiger partial charge on any atom is -0.397 e. The van der Waals surface area contributed by atoms with Gasteiger partial charge in [0.25, 0.3) is 0 Å². The number of pyridine rings is 1. The zero-order chi connectivity index (χ0) is 10.3. The first kappa shape index (κ1) is 9.06. The molecule has 0 atom stereocenters. The maximum Gasteiger partial charge on any atom is 0.0906 e. The van der Waals surface area contributed by atoms with Gasteiger partial charge < -0.3 is 10.3 Å². The van der Waals surface area contributed by atoms with Crippen LogP contribution in [0.5, 0.6) is 0 Å². The highest BCUT2D eigenvalue weighted by molar-refractivity contribution is 5.87.